The highest BCUT2D eigenvalue weighted by atomic mass is 16.5. The van der Waals surface area contributed by atoms with E-state index in [0.29, 0.717) is 18.0 Å². The zero-order chi connectivity index (χ0) is 28.9. The first-order valence-electron chi connectivity index (χ1n) is 15.8. The van der Waals surface area contributed by atoms with Crippen molar-refractivity contribution in [2.45, 2.75) is 148 Å². The maximum Gasteiger partial charge on any atom is 0.127 e. The smallest absolute Gasteiger partial charge is 0.127 e. The van der Waals surface area contributed by atoms with E-state index in [1.165, 1.54) is 68.9 Å². The van der Waals surface area contributed by atoms with Crippen LogP contribution in [0.4, 0.5) is 0 Å². The molecule has 0 aliphatic carbocycles. The van der Waals surface area contributed by atoms with Crippen LogP contribution in [0.3, 0.4) is 0 Å². The molecule has 0 saturated heterocycles. The summed E-state index contributed by atoms with van der Waals surface area (Å²) in [5.41, 5.74) is 15.3. The maximum atomic E-state index is 6.18. The van der Waals surface area contributed by atoms with Crippen LogP contribution in [0.2, 0.25) is 0 Å². The Balaban J connectivity index is 1.74. The third-order valence-electron chi connectivity index (χ3n) is 8.87. The molecule has 0 bridgehead atoms. The number of hydrogen-bond acceptors (Lipinski definition) is 3. The molecule has 0 saturated carbocycles. The van der Waals surface area contributed by atoms with Crippen molar-refractivity contribution in [2.24, 2.45) is 17.4 Å². The lowest BCUT2D eigenvalue weighted by atomic mass is 9.79. The quantitative estimate of drug-likeness (QED) is 0.176. The van der Waals surface area contributed by atoms with Gasteiger partial charge in [0.25, 0.3) is 0 Å². The lowest BCUT2D eigenvalue weighted by Gasteiger charge is -2.27. The fourth-order valence-electron chi connectivity index (χ4n) is 5.29. The first-order chi connectivity index (χ1) is 18.4. The van der Waals surface area contributed by atoms with Crippen LogP contribution in [0.5, 0.6) is 11.5 Å². The number of unbranched alkanes of at least 4 members (excludes halogenated alkanes) is 6. The topological polar surface area (TPSA) is 61.3 Å². The van der Waals surface area contributed by atoms with Crippen molar-refractivity contribution in [3.8, 4) is 11.5 Å². The van der Waals surface area contributed by atoms with Crippen LogP contribution < -0.4 is 16.2 Å². The predicted octanol–water partition coefficient (Wildman–Crippen LogP) is 10.0. The van der Waals surface area contributed by atoms with Crippen molar-refractivity contribution in [3.63, 3.8) is 0 Å². The molecule has 39 heavy (non-hydrogen) atoms. The fraction of sp³-hybridized carbons (Fsp3) is 0.667. The van der Waals surface area contributed by atoms with Crippen molar-refractivity contribution in [1.82, 2.24) is 0 Å². The second kappa shape index (κ2) is 16.4. The van der Waals surface area contributed by atoms with Gasteiger partial charge in [0.15, 0.2) is 0 Å². The van der Waals surface area contributed by atoms with Gasteiger partial charge < -0.3 is 16.2 Å². The van der Waals surface area contributed by atoms with Gasteiger partial charge in [-0.2, -0.15) is 0 Å². The molecule has 0 heterocycles. The van der Waals surface area contributed by atoms with Gasteiger partial charge in [0.2, 0.25) is 0 Å². The minimum Gasteiger partial charge on any atom is -0.457 e. The molecule has 3 heteroatoms. The van der Waals surface area contributed by atoms with E-state index in [-0.39, 0.29) is 10.8 Å². The van der Waals surface area contributed by atoms with Crippen LogP contribution in [-0.2, 0) is 10.8 Å². The molecule has 0 aliphatic rings. The molecule has 2 unspecified atom stereocenters. The normalized spacial score (nSPS) is 14.0. The summed E-state index contributed by atoms with van der Waals surface area (Å²) in [6.07, 6.45) is 14.9. The van der Waals surface area contributed by atoms with Crippen molar-refractivity contribution >= 4 is 0 Å². The van der Waals surface area contributed by atoms with Crippen LogP contribution in [0.15, 0.2) is 48.5 Å². The summed E-state index contributed by atoms with van der Waals surface area (Å²) in [5, 5.41) is 0. The molecule has 2 aromatic carbocycles. The summed E-state index contributed by atoms with van der Waals surface area (Å²) in [4.78, 5) is 0. The van der Waals surface area contributed by atoms with Gasteiger partial charge in [-0.3, -0.25) is 0 Å². The first kappa shape index (κ1) is 33.4. The van der Waals surface area contributed by atoms with Gasteiger partial charge in [0, 0.05) is 12.1 Å². The van der Waals surface area contributed by atoms with E-state index in [9.17, 15) is 0 Å². The molecular formula is C36H60N2O. The zero-order valence-electron chi connectivity index (χ0n) is 26.4. The molecule has 2 atom stereocenters. The highest BCUT2D eigenvalue weighted by Gasteiger charge is 2.22. The molecule has 0 radical (unpaired) electrons. The van der Waals surface area contributed by atoms with Crippen molar-refractivity contribution in [3.05, 3.63) is 59.7 Å². The van der Waals surface area contributed by atoms with Crippen molar-refractivity contribution in [2.75, 3.05) is 0 Å². The van der Waals surface area contributed by atoms with E-state index < -0.39 is 0 Å². The summed E-state index contributed by atoms with van der Waals surface area (Å²) < 4.78 is 6.18. The van der Waals surface area contributed by atoms with E-state index in [2.05, 4.69) is 97.0 Å². The summed E-state index contributed by atoms with van der Waals surface area (Å²) in [7, 11) is 0. The molecule has 0 spiro atoms. The Hall–Kier alpha value is -1.84. The van der Waals surface area contributed by atoms with Crippen LogP contribution in [0.1, 0.15) is 137 Å². The minimum atomic E-state index is 0.111. The molecule has 4 N–H and O–H groups in total. The van der Waals surface area contributed by atoms with Gasteiger partial charge in [-0.1, -0.05) is 118 Å². The number of ether oxygens (including phenoxy) is 1. The number of hydrogen-bond donors (Lipinski definition) is 2. The maximum absolute atomic E-state index is 6.18. The van der Waals surface area contributed by atoms with Gasteiger partial charge in [-0.15, -0.1) is 0 Å². The first-order valence-corrected chi connectivity index (χ1v) is 15.8. The average Bonchev–Trinajstić information content (AvgIpc) is 2.91. The number of rotatable bonds is 19. The lowest BCUT2D eigenvalue weighted by molar-refractivity contribution is 0.424. The summed E-state index contributed by atoms with van der Waals surface area (Å²) >= 11 is 0. The zero-order valence-corrected chi connectivity index (χ0v) is 26.4. The molecule has 0 amide bonds. The molecule has 2 rings (SSSR count). The highest BCUT2D eigenvalue weighted by Crippen LogP contribution is 2.33. The van der Waals surface area contributed by atoms with Gasteiger partial charge in [-0.05, 0) is 84.2 Å². The summed E-state index contributed by atoms with van der Waals surface area (Å²) in [6.45, 7) is 16.0. The Labute approximate surface area is 241 Å². The van der Waals surface area contributed by atoms with Crippen molar-refractivity contribution in [1.29, 1.82) is 0 Å². The molecule has 0 aromatic heterocycles. The standard InChI is InChI=1S/C36H60N2O/c1-8-31(37)25-27-36(6,7)30-19-23-33(24-20-30)39-32-21-17-29(18-22-32)35(4,5)26-15-13-11-9-10-12-14-16-34(38)28(2)3/h17-24,28,31,34H,8-16,25-27,37-38H2,1-7H3. The highest BCUT2D eigenvalue weighted by molar-refractivity contribution is 5.37. The Bertz CT molecular complexity index is 914. The summed E-state index contributed by atoms with van der Waals surface area (Å²) in [6, 6.07) is 18.0. The fourth-order valence-corrected chi connectivity index (χ4v) is 5.29. The van der Waals surface area contributed by atoms with Crippen molar-refractivity contribution < 1.29 is 4.74 Å². The van der Waals surface area contributed by atoms with E-state index in [0.717, 1.165) is 30.8 Å². The van der Waals surface area contributed by atoms with Crippen LogP contribution >= 0.6 is 0 Å². The van der Waals surface area contributed by atoms with Gasteiger partial charge in [0.05, 0.1) is 0 Å². The SMILES string of the molecule is CCC(N)CCC(C)(C)c1ccc(Oc2ccc(C(C)(C)CCCCCCCCCC(N)C(C)C)cc2)cc1. The van der Waals surface area contributed by atoms with Gasteiger partial charge in [0.1, 0.15) is 11.5 Å². The number of nitrogens with two attached hydrogens (primary N) is 2. The predicted molar refractivity (Wildman–Crippen MR) is 171 cm³/mol. The molecular weight excluding hydrogens is 476 g/mol. The van der Waals surface area contributed by atoms with E-state index in [1.54, 1.807) is 0 Å². The van der Waals surface area contributed by atoms with Crippen LogP contribution in [0.25, 0.3) is 0 Å². The Morgan fingerprint density at radius 3 is 1.51 bits per heavy atom. The Morgan fingerprint density at radius 2 is 1.05 bits per heavy atom. The Morgan fingerprint density at radius 1 is 0.615 bits per heavy atom. The van der Waals surface area contributed by atoms with Gasteiger partial charge in [-0.25, -0.2) is 0 Å². The third kappa shape index (κ3) is 12.1. The van der Waals surface area contributed by atoms with Crippen LogP contribution in [-0.4, -0.2) is 12.1 Å². The third-order valence-corrected chi connectivity index (χ3v) is 8.87. The van der Waals surface area contributed by atoms with E-state index in [4.69, 9.17) is 16.2 Å². The molecule has 0 fully saturated rings. The lowest BCUT2D eigenvalue weighted by Crippen LogP contribution is -2.25. The largest absolute Gasteiger partial charge is 0.457 e. The average molecular weight is 537 g/mol. The Kier molecular flexibility index (Phi) is 14.1. The minimum absolute atomic E-state index is 0.111. The summed E-state index contributed by atoms with van der Waals surface area (Å²) in [5.74, 6) is 2.38. The van der Waals surface area contributed by atoms with Gasteiger partial charge >= 0.3 is 0 Å². The second-order valence-electron chi connectivity index (χ2n) is 13.5. The van der Waals surface area contributed by atoms with E-state index >= 15 is 0 Å². The molecule has 2 aromatic rings. The molecule has 3 nitrogen and oxygen atoms in total. The molecule has 0 aliphatic heterocycles. The number of benzene rings is 2. The monoisotopic (exact) mass is 536 g/mol. The van der Waals surface area contributed by atoms with E-state index in [1.807, 2.05) is 0 Å². The molecule has 220 valence electrons. The van der Waals surface area contributed by atoms with Crippen LogP contribution in [0, 0.1) is 5.92 Å². The second-order valence-corrected chi connectivity index (χ2v) is 13.5.